The summed E-state index contributed by atoms with van der Waals surface area (Å²) in [5, 5.41) is 2.57. The van der Waals surface area contributed by atoms with Crippen molar-refractivity contribution in [1.82, 2.24) is 9.47 Å². The molecule has 4 rings (SSSR count). The Labute approximate surface area is 167 Å². The van der Waals surface area contributed by atoms with Crippen molar-refractivity contribution in [1.29, 1.82) is 0 Å². The highest BCUT2D eigenvalue weighted by atomic mass is 35.5. The first kappa shape index (κ1) is 17.9. The molecule has 1 aliphatic heterocycles. The van der Waals surface area contributed by atoms with E-state index in [-0.39, 0.29) is 5.91 Å². The van der Waals surface area contributed by atoms with Crippen LogP contribution in [-0.4, -0.2) is 34.6 Å². The van der Waals surface area contributed by atoms with Crippen LogP contribution in [0.4, 0.5) is 0 Å². The highest BCUT2D eigenvalue weighted by molar-refractivity contribution is 8.18. The number of halogens is 1. The highest BCUT2D eigenvalue weighted by Crippen LogP contribution is 2.33. The molecular weight excluding hydrogens is 378 g/mol. The van der Waals surface area contributed by atoms with Crippen molar-refractivity contribution in [3.63, 3.8) is 0 Å². The lowest BCUT2D eigenvalue weighted by Crippen LogP contribution is -2.23. The number of carbonyl (C=O) groups is 1. The second-order valence-corrected chi connectivity index (χ2v) is 7.72. The summed E-state index contributed by atoms with van der Waals surface area (Å²) in [5.74, 6) is -0.0245. The van der Waals surface area contributed by atoms with Gasteiger partial charge in [-0.05, 0) is 35.5 Å². The molecule has 27 heavy (non-hydrogen) atoms. The number of amidine groups is 1. The number of thioether (sulfide) groups is 1. The number of para-hydroxylation sites is 1. The van der Waals surface area contributed by atoms with Crippen LogP contribution in [0.15, 0.2) is 64.6 Å². The molecule has 1 amide bonds. The average Bonchev–Trinajstić information content (AvgIpc) is 3.16. The molecule has 2 heterocycles. The molecule has 4 nitrogen and oxygen atoms in total. The van der Waals surface area contributed by atoms with E-state index in [2.05, 4.69) is 27.9 Å². The normalized spacial score (nSPS) is 17.6. The van der Waals surface area contributed by atoms with Gasteiger partial charge in [-0.3, -0.25) is 14.7 Å². The van der Waals surface area contributed by atoms with Gasteiger partial charge >= 0.3 is 0 Å². The number of fused-ring (bicyclic) bond motifs is 1. The minimum atomic E-state index is -0.0245. The molecule has 0 atom stereocenters. The Balaban J connectivity index is 1.78. The number of aromatic nitrogens is 1. The molecule has 0 radical (unpaired) electrons. The number of nitrogens with zero attached hydrogens (tertiary/aromatic N) is 3. The van der Waals surface area contributed by atoms with Crippen LogP contribution in [-0.2, 0) is 11.3 Å². The summed E-state index contributed by atoms with van der Waals surface area (Å²) >= 11 is 7.75. The van der Waals surface area contributed by atoms with Gasteiger partial charge in [0.05, 0.1) is 4.91 Å². The molecule has 1 saturated heterocycles. The molecule has 0 bridgehead atoms. The molecule has 0 unspecified atom stereocenters. The van der Waals surface area contributed by atoms with Gasteiger partial charge in [-0.1, -0.05) is 48.0 Å². The summed E-state index contributed by atoms with van der Waals surface area (Å²) in [7, 11) is 3.45. The first-order chi connectivity index (χ1) is 13.1. The van der Waals surface area contributed by atoms with E-state index in [0.717, 1.165) is 27.1 Å². The quantitative estimate of drug-likeness (QED) is 0.593. The smallest absolute Gasteiger partial charge is 0.266 e. The number of likely N-dealkylation sites (N-methyl/N-ethyl adjacent to an activating group) is 1. The lowest BCUT2D eigenvalue weighted by atomic mass is 10.1. The summed E-state index contributed by atoms with van der Waals surface area (Å²) in [4.78, 5) is 18.9. The molecule has 0 saturated carbocycles. The van der Waals surface area contributed by atoms with Gasteiger partial charge < -0.3 is 4.57 Å². The molecule has 0 aliphatic carbocycles. The van der Waals surface area contributed by atoms with E-state index in [9.17, 15) is 4.79 Å². The van der Waals surface area contributed by atoms with Crippen molar-refractivity contribution in [2.45, 2.75) is 6.54 Å². The summed E-state index contributed by atoms with van der Waals surface area (Å²) in [6, 6.07) is 16.1. The zero-order chi connectivity index (χ0) is 19.0. The zero-order valence-electron chi connectivity index (χ0n) is 15.0. The lowest BCUT2D eigenvalue weighted by molar-refractivity contribution is -0.121. The van der Waals surface area contributed by atoms with Crippen molar-refractivity contribution in [3.8, 4) is 0 Å². The van der Waals surface area contributed by atoms with E-state index < -0.39 is 0 Å². The number of rotatable bonds is 3. The van der Waals surface area contributed by atoms with Gasteiger partial charge in [-0.15, -0.1) is 0 Å². The van der Waals surface area contributed by atoms with Crippen LogP contribution < -0.4 is 0 Å². The Hall–Kier alpha value is -2.50. The van der Waals surface area contributed by atoms with Gasteiger partial charge in [0, 0.05) is 48.3 Å². The largest absolute Gasteiger partial charge is 0.342 e. The minimum absolute atomic E-state index is 0.0245. The molecule has 2 aromatic carbocycles. The fraction of sp³-hybridized carbons (Fsp3) is 0.143. The second kappa shape index (κ2) is 7.25. The number of amides is 1. The van der Waals surface area contributed by atoms with Crippen LogP contribution in [0.3, 0.4) is 0 Å². The molecule has 1 fully saturated rings. The molecule has 0 spiro atoms. The van der Waals surface area contributed by atoms with Gasteiger partial charge in [-0.2, -0.15) is 0 Å². The van der Waals surface area contributed by atoms with Gasteiger partial charge in [0.1, 0.15) is 0 Å². The zero-order valence-corrected chi connectivity index (χ0v) is 16.6. The van der Waals surface area contributed by atoms with Crippen LogP contribution in [0.5, 0.6) is 0 Å². The Kier molecular flexibility index (Phi) is 4.81. The Morgan fingerprint density at radius 2 is 1.89 bits per heavy atom. The van der Waals surface area contributed by atoms with E-state index in [1.807, 2.05) is 42.5 Å². The fourth-order valence-electron chi connectivity index (χ4n) is 3.22. The van der Waals surface area contributed by atoms with E-state index in [1.165, 1.54) is 11.8 Å². The van der Waals surface area contributed by atoms with Gasteiger partial charge in [-0.25, -0.2) is 0 Å². The van der Waals surface area contributed by atoms with Crippen LogP contribution in [0.1, 0.15) is 11.1 Å². The summed E-state index contributed by atoms with van der Waals surface area (Å²) in [5.41, 5.74) is 3.18. The van der Waals surface area contributed by atoms with Crippen LogP contribution in [0.2, 0.25) is 5.02 Å². The third-order valence-corrected chi connectivity index (χ3v) is 6.12. The van der Waals surface area contributed by atoms with E-state index >= 15 is 0 Å². The predicted octanol–water partition coefficient (Wildman–Crippen LogP) is 4.87. The Morgan fingerprint density at radius 3 is 2.63 bits per heavy atom. The first-order valence-electron chi connectivity index (χ1n) is 8.54. The number of hydrogen-bond acceptors (Lipinski definition) is 3. The maximum atomic E-state index is 12.5. The van der Waals surface area contributed by atoms with E-state index in [0.29, 0.717) is 16.6 Å². The molecule has 0 N–H and O–H groups in total. The molecule has 1 aromatic heterocycles. The third-order valence-electron chi connectivity index (χ3n) is 4.60. The first-order valence-corrected chi connectivity index (χ1v) is 9.73. The number of hydrogen-bond donors (Lipinski definition) is 0. The average molecular weight is 396 g/mol. The topological polar surface area (TPSA) is 37.6 Å². The van der Waals surface area contributed by atoms with Crippen molar-refractivity contribution < 1.29 is 4.79 Å². The Bertz CT molecular complexity index is 1100. The van der Waals surface area contributed by atoms with E-state index in [4.69, 9.17) is 11.6 Å². The van der Waals surface area contributed by atoms with E-state index in [1.54, 1.807) is 19.0 Å². The van der Waals surface area contributed by atoms with Crippen LogP contribution in [0, 0.1) is 0 Å². The number of carbonyl (C=O) groups excluding carboxylic acids is 1. The standard InChI is InChI=1S/C21H18ClN3OS/c1-23-21-24(2)20(26)19(27-21)11-15-13-25(18-10-6-4-8-16(15)18)12-14-7-3-5-9-17(14)22/h3-11,13H,12H2,1-2H3/b19-11+,23-21?. The SMILES string of the molecule is CN=C1S/C(=C/c2cn(Cc3ccccc3Cl)c3ccccc23)C(=O)N1C. The van der Waals surface area contributed by atoms with Crippen molar-refractivity contribution in [2.75, 3.05) is 14.1 Å². The second-order valence-electron chi connectivity index (χ2n) is 6.30. The fourth-order valence-corrected chi connectivity index (χ4v) is 4.34. The number of benzene rings is 2. The third kappa shape index (κ3) is 3.29. The molecule has 6 heteroatoms. The van der Waals surface area contributed by atoms with Crippen LogP contribution >= 0.6 is 23.4 Å². The van der Waals surface area contributed by atoms with Gasteiger partial charge in [0.15, 0.2) is 5.17 Å². The molecule has 136 valence electrons. The lowest BCUT2D eigenvalue weighted by Gasteiger charge is -2.07. The van der Waals surface area contributed by atoms with Crippen molar-refractivity contribution >= 4 is 51.4 Å². The monoisotopic (exact) mass is 395 g/mol. The predicted molar refractivity (Wildman–Crippen MR) is 114 cm³/mol. The summed E-state index contributed by atoms with van der Waals surface area (Å²) < 4.78 is 2.17. The Morgan fingerprint density at radius 1 is 1.15 bits per heavy atom. The van der Waals surface area contributed by atoms with Gasteiger partial charge in [0.25, 0.3) is 5.91 Å². The number of aliphatic imine (C=N–C) groups is 1. The maximum absolute atomic E-state index is 12.5. The maximum Gasteiger partial charge on any atom is 0.266 e. The molecular formula is C21H18ClN3OS. The molecule has 3 aromatic rings. The van der Waals surface area contributed by atoms with Crippen molar-refractivity contribution in [2.24, 2.45) is 4.99 Å². The summed E-state index contributed by atoms with van der Waals surface area (Å²) in [6.07, 6.45) is 4.03. The van der Waals surface area contributed by atoms with Crippen LogP contribution in [0.25, 0.3) is 17.0 Å². The van der Waals surface area contributed by atoms with Gasteiger partial charge in [0.2, 0.25) is 0 Å². The highest BCUT2D eigenvalue weighted by Gasteiger charge is 2.30. The minimum Gasteiger partial charge on any atom is -0.342 e. The van der Waals surface area contributed by atoms with Crippen molar-refractivity contribution in [3.05, 3.63) is 75.8 Å². The summed E-state index contributed by atoms with van der Waals surface area (Å²) in [6.45, 7) is 0.673. The molecule has 1 aliphatic rings.